The van der Waals surface area contributed by atoms with Crippen LogP contribution in [-0.4, -0.2) is 27.3 Å². The highest BCUT2D eigenvalue weighted by Crippen LogP contribution is 2.19. The molecule has 0 aromatic carbocycles. The Morgan fingerprint density at radius 3 is 2.90 bits per heavy atom. The minimum absolute atomic E-state index is 0.106. The number of hydrogen-bond acceptors (Lipinski definition) is 4. The zero-order chi connectivity index (χ0) is 15.5. The Bertz CT molecular complexity index is 600. The van der Waals surface area contributed by atoms with Crippen molar-refractivity contribution in [1.82, 2.24) is 15.1 Å². The van der Waals surface area contributed by atoms with Crippen molar-refractivity contribution in [3.63, 3.8) is 0 Å². The molecule has 2 aromatic rings. The largest absolute Gasteiger partial charge is 0.466 e. The van der Waals surface area contributed by atoms with Crippen LogP contribution in [0, 0.1) is 6.92 Å². The number of rotatable bonds is 6. The maximum atomic E-state index is 11.9. The fourth-order valence-corrected chi connectivity index (χ4v) is 2.07. The first-order chi connectivity index (χ1) is 9.90. The van der Waals surface area contributed by atoms with Crippen LogP contribution in [-0.2, 0) is 23.9 Å². The average molecular weight is 291 g/mol. The first-order valence-electron chi connectivity index (χ1n) is 6.90. The average Bonchev–Trinajstić information content (AvgIpc) is 3.08. The van der Waals surface area contributed by atoms with Crippen LogP contribution in [0.4, 0.5) is 0 Å². The van der Waals surface area contributed by atoms with Crippen molar-refractivity contribution >= 4 is 5.91 Å². The second-order valence-corrected chi connectivity index (χ2v) is 5.41. The molecule has 6 nitrogen and oxygen atoms in total. The van der Waals surface area contributed by atoms with Crippen molar-refractivity contribution in [2.75, 3.05) is 6.54 Å². The summed E-state index contributed by atoms with van der Waals surface area (Å²) in [5, 5.41) is 17.1. The van der Waals surface area contributed by atoms with E-state index in [4.69, 9.17) is 4.42 Å². The Hall–Kier alpha value is -2.08. The van der Waals surface area contributed by atoms with Crippen molar-refractivity contribution in [1.29, 1.82) is 0 Å². The highest BCUT2D eigenvalue weighted by atomic mass is 16.4. The van der Waals surface area contributed by atoms with Gasteiger partial charge < -0.3 is 14.8 Å². The Balaban J connectivity index is 1.81. The smallest absolute Gasteiger partial charge is 0.220 e. The standard InChI is InChI=1S/C15H21N3O3/c1-11-12(9-17-18(11)3)6-7-14(19)16-10-15(2,20)13-5-4-8-21-13/h4-5,8-9,20H,6-7,10H2,1-3H3,(H,16,19). The molecule has 1 unspecified atom stereocenters. The van der Waals surface area contributed by atoms with Gasteiger partial charge in [0.25, 0.3) is 0 Å². The molecule has 0 aliphatic carbocycles. The lowest BCUT2D eigenvalue weighted by atomic mass is 10.0. The molecule has 2 aromatic heterocycles. The first-order valence-corrected chi connectivity index (χ1v) is 6.90. The number of carbonyl (C=O) groups excluding carboxylic acids is 1. The fraction of sp³-hybridized carbons (Fsp3) is 0.467. The van der Waals surface area contributed by atoms with Crippen LogP contribution >= 0.6 is 0 Å². The number of nitrogens with one attached hydrogen (secondary N) is 1. The molecule has 0 fully saturated rings. The lowest BCUT2D eigenvalue weighted by molar-refractivity contribution is -0.122. The van der Waals surface area contributed by atoms with Crippen molar-refractivity contribution in [2.45, 2.75) is 32.3 Å². The van der Waals surface area contributed by atoms with E-state index < -0.39 is 5.60 Å². The second kappa shape index (κ2) is 6.13. The van der Waals surface area contributed by atoms with Gasteiger partial charge in [0.1, 0.15) is 11.4 Å². The number of aromatic nitrogens is 2. The van der Waals surface area contributed by atoms with Gasteiger partial charge in [-0.2, -0.15) is 5.10 Å². The number of aliphatic hydroxyl groups is 1. The lowest BCUT2D eigenvalue weighted by Gasteiger charge is -2.21. The molecular formula is C15H21N3O3. The SMILES string of the molecule is Cc1c(CCC(=O)NCC(C)(O)c2ccco2)cnn1C. The van der Waals surface area contributed by atoms with E-state index in [0.29, 0.717) is 18.6 Å². The van der Waals surface area contributed by atoms with Gasteiger partial charge in [-0.25, -0.2) is 0 Å². The van der Waals surface area contributed by atoms with Crippen molar-refractivity contribution in [3.05, 3.63) is 41.6 Å². The summed E-state index contributed by atoms with van der Waals surface area (Å²) in [6.45, 7) is 3.70. The number of hydrogen-bond donors (Lipinski definition) is 2. The summed E-state index contributed by atoms with van der Waals surface area (Å²) in [6.07, 6.45) is 4.27. The summed E-state index contributed by atoms with van der Waals surface area (Å²) in [6, 6.07) is 3.39. The van der Waals surface area contributed by atoms with Crippen molar-refractivity contribution in [3.8, 4) is 0 Å². The van der Waals surface area contributed by atoms with Crippen molar-refractivity contribution in [2.24, 2.45) is 7.05 Å². The normalized spacial score (nSPS) is 13.9. The molecule has 1 amide bonds. The zero-order valence-electron chi connectivity index (χ0n) is 12.6. The van der Waals surface area contributed by atoms with Crippen LogP contribution < -0.4 is 5.32 Å². The first kappa shape index (κ1) is 15.3. The minimum atomic E-state index is -1.20. The molecule has 2 rings (SSSR count). The number of amides is 1. The summed E-state index contributed by atoms with van der Waals surface area (Å²) in [5.41, 5.74) is 0.916. The Morgan fingerprint density at radius 2 is 2.33 bits per heavy atom. The topological polar surface area (TPSA) is 80.3 Å². The van der Waals surface area contributed by atoms with Crippen LogP contribution in [0.15, 0.2) is 29.0 Å². The van der Waals surface area contributed by atoms with Crippen molar-refractivity contribution < 1.29 is 14.3 Å². The van der Waals surface area contributed by atoms with E-state index >= 15 is 0 Å². The summed E-state index contributed by atoms with van der Waals surface area (Å²) in [5.74, 6) is 0.330. The van der Waals surface area contributed by atoms with E-state index in [0.717, 1.165) is 11.3 Å². The van der Waals surface area contributed by atoms with E-state index in [1.54, 1.807) is 29.9 Å². The van der Waals surface area contributed by atoms with E-state index in [-0.39, 0.29) is 12.5 Å². The van der Waals surface area contributed by atoms with E-state index in [1.165, 1.54) is 6.26 Å². The predicted octanol–water partition coefficient (Wildman–Crippen LogP) is 1.28. The van der Waals surface area contributed by atoms with Gasteiger partial charge in [0, 0.05) is 19.2 Å². The van der Waals surface area contributed by atoms with Crippen LogP contribution in [0.3, 0.4) is 0 Å². The maximum Gasteiger partial charge on any atom is 0.220 e. The molecule has 2 heterocycles. The highest BCUT2D eigenvalue weighted by molar-refractivity contribution is 5.76. The molecule has 0 bridgehead atoms. The van der Waals surface area contributed by atoms with Gasteiger partial charge in [0.2, 0.25) is 5.91 Å². The van der Waals surface area contributed by atoms with Crippen LogP contribution in [0.25, 0.3) is 0 Å². The third-order valence-corrected chi connectivity index (χ3v) is 3.64. The molecule has 0 spiro atoms. The molecule has 0 saturated heterocycles. The Labute approximate surface area is 123 Å². The molecule has 0 radical (unpaired) electrons. The highest BCUT2D eigenvalue weighted by Gasteiger charge is 2.26. The third kappa shape index (κ3) is 3.72. The molecule has 1 atom stereocenters. The van der Waals surface area contributed by atoms with Gasteiger partial charge in [0.15, 0.2) is 0 Å². The molecule has 21 heavy (non-hydrogen) atoms. The van der Waals surface area contributed by atoms with Gasteiger partial charge in [-0.1, -0.05) is 0 Å². The quantitative estimate of drug-likeness (QED) is 0.840. The van der Waals surface area contributed by atoms with Crippen LogP contribution in [0.1, 0.15) is 30.4 Å². The van der Waals surface area contributed by atoms with E-state index in [2.05, 4.69) is 10.4 Å². The summed E-state index contributed by atoms with van der Waals surface area (Å²) >= 11 is 0. The summed E-state index contributed by atoms with van der Waals surface area (Å²) < 4.78 is 6.95. The number of aryl methyl sites for hydroxylation is 2. The van der Waals surface area contributed by atoms with E-state index in [1.807, 2.05) is 14.0 Å². The molecule has 0 aliphatic heterocycles. The van der Waals surface area contributed by atoms with Gasteiger partial charge >= 0.3 is 0 Å². The zero-order valence-corrected chi connectivity index (χ0v) is 12.6. The lowest BCUT2D eigenvalue weighted by Crippen LogP contribution is -2.38. The minimum Gasteiger partial charge on any atom is -0.466 e. The molecule has 2 N–H and O–H groups in total. The number of carbonyl (C=O) groups is 1. The van der Waals surface area contributed by atoms with Gasteiger partial charge in [-0.15, -0.1) is 0 Å². The predicted molar refractivity (Wildman–Crippen MR) is 77.6 cm³/mol. The Morgan fingerprint density at radius 1 is 1.57 bits per heavy atom. The molecule has 6 heteroatoms. The molecular weight excluding hydrogens is 270 g/mol. The van der Waals surface area contributed by atoms with Gasteiger partial charge in [-0.3, -0.25) is 9.48 Å². The molecule has 0 aliphatic rings. The summed E-state index contributed by atoms with van der Waals surface area (Å²) in [4.78, 5) is 11.9. The molecule has 0 saturated carbocycles. The Kier molecular flexibility index (Phi) is 4.47. The maximum absolute atomic E-state index is 11.9. The van der Waals surface area contributed by atoms with E-state index in [9.17, 15) is 9.90 Å². The summed E-state index contributed by atoms with van der Waals surface area (Å²) in [7, 11) is 1.87. The van der Waals surface area contributed by atoms with Crippen LogP contribution in [0.2, 0.25) is 0 Å². The molecule has 114 valence electrons. The monoisotopic (exact) mass is 291 g/mol. The number of furan rings is 1. The van der Waals surface area contributed by atoms with Gasteiger partial charge in [-0.05, 0) is 38.0 Å². The van der Waals surface area contributed by atoms with Gasteiger partial charge in [0.05, 0.1) is 19.0 Å². The second-order valence-electron chi connectivity index (χ2n) is 5.41. The number of nitrogens with zero attached hydrogens (tertiary/aromatic N) is 2. The third-order valence-electron chi connectivity index (χ3n) is 3.64. The fourth-order valence-electron chi connectivity index (χ4n) is 2.07. The van der Waals surface area contributed by atoms with Crippen LogP contribution in [0.5, 0.6) is 0 Å².